The van der Waals surface area contributed by atoms with E-state index in [0.717, 1.165) is 18.4 Å². The molecule has 1 aliphatic carbocycles. The van der Waals surface area contributed by atoms with Crippen LogP contribution in [0.3, 0.4) is 0 Å². The van der Waals surface area contributed by atoms with Crippen LogP contribution in [0.4, 0.5) is 4.39 Å². The predicted molar refractivity (Wildman–Crippen MR) is 101 cm³/mol. The van der Waals surface area contributed by atoms with Gasteiger partial charge in [0, 0.05) is 24.0 Å². The number of benzene rings is 2. The van der Waals surface area contributed by atoms with Gasteiger partial charge in [0.15, 0.2) is 0 Å². The van der Waals surface area contributed by atoms with Crippen LogP contribution in [0.25, 0.3) is 0 Å². The van der Waals surface area contributed by atoms with E-state index in [4.69, 9.17) is 14.6 Å². The van der Waals surface area contributed by atoms with Crippen molar-refractivity contribution in [2.24, 2.45) is 5.92 Å². The van der Waals surface area contributed by atoms with Gasteiger partial charge in [-0.2, -0.15) is 0 Å². The second kappa shape index (κ2) is 8.87. The van der Waals surface area contributed by atoms with Crippen molar-refractivity contribution in [1.29, 1.82) is 0 Å². The second-order valence-electron chi connectivity index (χ2n) is 7.07. The molecular formula is C22H23FO5. The Bertz CT molecular complexity index is 846. The van der Waals surface area contributed by atoms with Gasteiger partial charge in [0.25, 0.3) is 0 Å². The van der Waals surface area contributed by atoms with E-state index in [2.05, 4.69) is 0 Å². The summed E-state index contributed by atoms with van der Waals surface area (Å²) in [4.78, 5) is 22.3. The van der Waals surface area contributed by atoms with Crippen molar-refractivity contribution in [3.05, 3.63) is 65.0 Å². The van der Waals surface area contributed by atoms with Gasteiger partial charge >= 0.3 is 11.9 Å². The third-order valence-electron chi connectivity index (χ3n) is 4.81. The molecule has 0 aliphatic heterocycles. The topological polar surface area (TPSA) is 72.8 Å². The third kappa shape index (κ3) is 5.31. The van der Waals surface area contributed by atoms with E-state index < -0.39 is 18.2 Å². The second-order valence-corrected chi connectivity index (χ2v) is 7.07. The van der Waals surface area contributed by atoms with Gasteiger partial charge in [-0.15, -0.1) is 0 Å². The zero-order valence-electron chi connectivity index (χ0n) is 15.7. The molecule has 1 atom stereocenters. The smallest absolute Gasteiger partial charge is 0.307 e. The van der Waals surface area contributed by atoms with Crippen molar-refractivity contribution in [2.75, 3.05) is 6.61 Å². The molecule has 0 amide bonds. The van der Waals surface area contributed by atoms with Crippen LogP contribution in [-0.4, -0.2) is 23.7 Å². The molecule has 0 aromatic heterocycles. The van der Waals surface area contributed by atoms with Crippen LogP contribution < -0.4 is 4.74 Å². The number of carboxylic acids is 1. The summed E-state index contributed by atoms with van der Waals surface area (Å²) in [6.07, 6.45) is 1.52. The van der Waals surface area contributed by atoms with Gasteiger partial charge in [-0.3, -0.25) is 9.59 Å². The summed E-state index contributed by atoms with van der Waals surface area (Å²) >= 11 is 0. The molecule has 0 saturated heterocycles. The van der Waals surface area contributed by atoms with E-state index in [1.165, 1.54) is 19.1 Å². The Kier molecular flexibility index (Phi) is 6.29. The number of esters is 1. The maximum absolute atomic E-state index is 14.6. The van der Waals surface area contributed by atoms with Crippen LogP contribution in [0.1, 0.15) is 42.4 Å². The standard InChI is InChI=1S/C22H23FO5/c1-14(24)27-13-19(16-7-8-16)18-11-20(23)17(10-22(25)26)9-21(18)28-12-15-5-3-2-4-6-15/h2-6,9,11,16,19H,7-8,10,12-13H2,1H3,(H,25,26). The summed E-state index contributed by atoms with van der Waals surface area (Å²) in [5.74, 6) is -1.53. The average molecular weight is 386 g/mol. The van der Waals surface area contributed by atoms with Gasteiger partial charge in [-0.25, -0.2) is 4.39 Å². The van der Waals surface area contributed by atoms with Gasteiger partial charge < -0.3 is 14.6 Å². The van der Waals surface area contributed by atoms with E-state index in [-0.39, 0.29) is 30.7 Å². The van der Waals surface area contributed by atoms with Crippen molar-refractivity contribution in [3.8, 4) is 5.75 Å². The van der Waals surface area contributed by atoms with Gasteiger partial charge in [-0.05, 0) is 36.5 Å². The van der Waals surface area contributed by atoms with Crippen molar-refractivity contribution in [2.45, 2.75) is 38.7 Å². The van der Waals surface area contributed by atoms with Crippen LogP contribution in [0.15, 0.2) is 42.5 Å². The number of hydrogen-bond acceptors (Lipinski definition) is 4. The molecule has 1 unspecified atom stereocenters. The third-order valence-corrected chi connectivity index (χ3v) is 4.81. The molecule has 5 nitrogen and oxygen atoms in total. The average Bonchev–Trinajstić information content (AvgIpc) is 3.48. The molecule has 2 aromatic carbocycles. The molecule has 6 heteroatoms. The Morgan fingerprint density at radius 2 is 1.93 bits per heavy atom. The highest BCUT2D eigenvalue weighted by molar-refractivity contribution is 5.70. The minimum Gasteiger partial charge on any atom is -0.489 e. The molecular weight excluding hydrogens is 363 g/mol. The normalized spacial score (nSPS) is 14.4. The summed E-state index contributed by atoms with van der Waals surface area (Å²) in [5.41, 5.74) is 1.63. The lowest BCUT2D eigenvalue weighted by Gasteiger charge is -2.21. The number of halogens is 1. The lowest BCUT2D eigenvalue weighted by atomic mass is 9.92. The maximum atomic E-state index is 14.6. The van der Waals surface area contributed by atoms with Crippen LogP contribution >= 0.6 is 0 Å². The van der Waals surface area contributed by atoms with E-state index in [0.29, 0.717) is 17.2 Å². The molecule has 1 fully saturated rings. The highest BCUT2D eigenvalue weighted by Gasteiger charge is 2.35. The number of ether oxygens (including phenoxy) is 2. The molecule has 1 aliphatic rings. The van der Waals surface area contributed by atoms with Crippen molar-refractivity contribution in [3.63, 3.8) is 0 Å². The van der Waals surface area contributed by atoms with Crippen molar-refractivity contribution in [1.82, 2.24) is 0 Å². The fourth-order valence-electron chi connectivity index (χ4n) is 3.24. The maximum Gasteiger partial charge on any atom is 0.307 e. The Labute approximate surface area is 163 Å². The first-order valence-corrected chi connectivity index (χ1v) is 9.28. The highest BCUT2D eigenvalue weighted by Crippen LogP contribution is 2.46. The molecule has 1 N–H and O–H groups in total. The highest BCUT2D eigenvalue weighted by atomic mass is 19.1. The minimum absolute atomic E-state index is 0.0707. The molecule has 3 rings (SSSR count). The molecule has 2 aromatic rings. The van der Waals surface area contributed by atoms with Gasteiger partial charge in [0.1, 0.15) is 18.2 Å². The molecule has 148 valence electrons. The largest absolute Gasteiger partial charge is 0.489 e. The Morgan fingerprint density at radius 3 is 2.54 bits per heavy atom. The zero-order chi connectivity index (χ0) is 20.1. The van der Waals surface area contributed by atoms with Crippen LogP contribution in [0.2, 0.25) is 0 Å². The number of carbonyl (C=O) groups excluding carboxylic acids is 1. The Balaban J connectivity index is 1.92. The van der Waals surface area contributed by atoms with Crippen LogP contribution in [-0.2, 0) is 27.4 Å². The first-order chi connectivity index (χ1) is 13.4. The summed E-state index contributed by atoms with van der Waals surface area (Å²) in [5, 5.41) is 9.05. The SMILES string of the molecule is CC(=O)OCC(c1cc(F)c(CC(=O)O)cc1OCc1ccccc1)C1CC1. The molecule has 0 bridgehead atoms. The van der Waals surface area contributed by atoms with Gasteiger partial charge in [-0.1, -0.05) is 30.3 Å². The predicted octanol–water partition coefficient (Wildman–Crippen LogP) is 4.09. The number of carbonyl (C=O) groups is 2. The van der Waals surface area contributed by atoms with Gasteiger partial charge in [0.05, 0.1) is 13.0 Å². The number of hydrogen-bond donors (Lipinski definition) is 1. The number of carboxylic acid groups (broad SMARTS) is 1. The van der Waals surface area contributed by atoms with E-state index in [1.807, 2.05) is 30.3 Å². The molecule has 28 heavy (non-hydrogen) atoms. The number of rotatable bonds is 9. The zero-order valence-corrected chi connectivity index (χ0v) is 15.7. The van der Waals surface area contributed by atoms with E-state index in [9.17, 15) is 14.0 Å². The fraction of sp³-hybridized carbons (Fsp3) is 0.364. The first-order valence-electron chi connectivity index (χ1n) is 9.28. The summed E-state index contributed by atoms with van der Waals surface area (Å²) in [6, 6.07) is 12.3. The van der Waals surface area contributed by atoms with Crippen molar-refractivity contribution < 1.29 is 28.6 Å². The summed E-state index contributed by atoms with van der Waals surface area (Å²) < 4.78 is 25.7. The molecule has 0 spiro atoms. The molecule has 1 saturated carbocycles. The fourth-order valence-corrected chi connectivity index (χ4v) is 3.24. The van der Waals surface area contributed by atoms with Crippen LogP contribution in [0, 0.1) is 11.7 Å². The quantitative estimate of drug-likeness (QED) is 0.657. The molecule has 0 heterocycles. The minimum atomic E-state index is -1.11. The van der Waals surface area contributed by atoms with Gasteiger partial charge in [0.2, 0.25) is 0 Å². The van der Waals surface area contributed by atoms with E-state index in [1.54, 1.807) is 0 Å². The van der Waals surface area contributed by atoms with E-state index >= 15 is 0 Å². The first kappa shape index (κ1) is 19.9. The van der Waals surface area contributed by atoms with Crippen LogP contribution in [0.5, 0.6) is 5.75 Å². The Hall–Kier alpha value is -2.89. The molecule has 0 radical (unpaired) electrons. The monoisotopic (exact) mass is 386 g/mol. The lowest BCUT2D eigenvalue weighted by molar-refractivity contribution is -0.141. The Morgan fingerprint density at radius 1 is 1.21 bits per heavy atom. The number of aliphatic carboxylic acids is 1. The van der Waals surface area contributed by atoms with Crippen molar-refractivity contribution >= 4 is 11.9 Å². The summed E-state index contributed by atoms with van der Waals surface area (Å²) in [7, 11) is 0. The summed E-state index contributed by atoms with van der Waals surface area (Å²) in [6.45, 7) is 1.77. The lowest BCUT2D eigenvalue weighted by Crippen LogP contribution is -2.15.